The van der Waals surface area contributed by atoms with Crippen LogP contribution in [0, 0.1) is 5.92 Å². The van der Waals surface area contributed by atoms with Gasteiger partial charge in [-0.1, -0.05) is 56.3 Å². The molecule has 1 amide bonds. The van der Waals surface area contributed by atoms with Gasteiger partial charge in [-0.3, -0.25) is 0 Å². The normalized spacial score (nSPS) is 13.5. The van der Waals surface area contributed by atoms with Crippen LogP contribution in [0.25, 0.3) is 11.3 Å². The van der Waals surface area contributed by atoms with Crippen LogP contribution >= 0.6 is 11.3 Å². The van der Waals surface area contributed by atoms with Gasteiger partial charge >= 0.3 is 6.09 Å². The van der Waals surface area contributed by atoms with Crippen molar-refractivity contribution in [1.82, 2.24) is 14.6 Å². The molecule has 2 aromatic carbocycles. The average molecular weight is 533 g/mol. The van der Waals surface area contributed by atoms with Gasteiger partial charge in [0, 0.05) is 31.1 Å². The molecule has 3 rings (SSSR count). The summed E-state index contributed by atoms with van der Waals surface area (Å²) in [5.41, 5.74) is 2.36. The lowest BCUT2D eigenvalue weighted by atomic mass is 10.0. The van der Waals surface area contributed by atoms with Crippen molar-refractivity contribution in [3.8, 4) is 11.3 Å². The number of thiazole rings is 1. The van der Waals surface area contributed by atoms with E-state index in [9.17, 15) is 23.4 Å². The summed E-state index contributed by atoms with van der Waals surface area (Å²) < 4.78 is 28.3. The lowest BCUT2D eigenvalue weighted by Crippen LogP contribution is -2.50. The van der Waals surface area contributed by atoms with Crippen molar-refractivity contribution in [3.05, 3.63) is 65.5 Å². The van der Waals surface area contributed by atoms with Crippen molar-refractivity contribution in [2.75, 3.05) is 25.5 Å². The smallest absolute Gasteiger partial charge is 0.404 e. The maximum Gasteiger partial charge on any atom is 0.404 e. The Balaban J connectivity index is 1.83. The van der Waals surface area contributed by atoms with Crippen LogP contribution in [0.2, 0.25) is 0 Å². The molecule has 3 aromatic rings. The molecule has 0 aliphatic heterocycles. The van der Waals surface area contributed by atoms with E-state index in [1.54, 1.807) is 19.2 Å². The summed E-state index contributed by atoms with van der Waals surface area (Å²) in [6.07, 6.45) is -2.32. The fraction of sp³-hybridized carbons (Fsp3) is 0.360. The number of anilines is 1. The predicted octanol–water partition coefficient (Wildman–Crippen LogP) is 3.74. The molecular formula is C25H32N4O5S2. The van der Waals surface area contributed by atoms with Gasteiger partial charge in [0.1, 0.15) is 0 Å². The SMILES string of the molecule is CNc1nc(-c2ccc(S(=O)(=O)N(CC(C)C)CC(O)[C@H](Cc3ccccc3)NC(=O)O)cc2)cs1. The average Bonchev–Trinajstić information content (AvgIpc) is 3.33. The fourth-order valence-electron chi connectivity index (χ4n) is 3.79. The second-order valence-corrected chi connectivity index (χ2v) is 11.6. The van der Waals surface area contributed by atoms with Crippen LogP contribution in [0.5, 0.6) is 0 Å². The van der Waals surface area contributed by atoms with Gasteiger partial charge in [0.25, 0.3) is 0 Å². The summed E-state index contributed by atoms with van der Waals surface area (Å²) in [5, 5.41) is 28.3. The third-order valence-electron chi connectivity index (χ3n) is 5.54. The zero-order valence-corrected chi connectivity index (χ0v) is 22.1. The number of nitrogens with one attached hydrogen (secondary N) is 2. The van der Waals surface area contributed by atoms with Crippen LogP contribution in [0.3, 0.4) is 0 Å². The highest BCUT2D eigenvalue weighted by atomic mass is 32.2. The minimum absolute atomic E-state index is 0.0128. The third-order valence-corrected chi connectivity index (χ3v) is 8.24. The molecule has 0 radical (unpaired) electrons. The third kappa shape index (κ3) is 7.26. The first-order valence-electron chi connectivity index (χ1n) is 11.6. The van der Waals surface area contributed by atoms with Crippen LogP contribution in [-0.2, 0) is 16.4 Å². The van der Waals surface area contributed by atoms with Crippen molar-refractivity contribution in [2.24, 2.45) is 5.92 Å². The van der Waals surface area contributed by atoms with E-state index in [2.05, 4.69) is 15.6 Å². The summed E-state index contributed by atoms with van der Waals surface area (Å²) in [6, 6.07) is 14.7. The maximum atomic E-state index is 13.6. The molecule has 0 spiro atoms. The van der Waals surface area contributed by atoms with Gasteiger partial charge in [-0.05, 0) is 30.0 Å². The van der Waals surface area contributed by atoms with E-state index in [0.29, 0.717) is 0 Å². The molecule has 2 atom stereocenters. The summed E-state index contributed by atoms with van der Waals surface area (Å²) >= 11 is 1.46. The second kappa shape index (κ2) is 12.3. The number of nitrogens with zero attached hydrogens (tertiary/aromatic N) is 2. The molecule has 194 valence electrons. The Morgan fingerprint density at radius 3 is 2.31 bits per heavy atom. The van der Waals surface area contributed by atoms with Gasteiger partial charge in [0.15, 0.2) is 5.13 Å². The van der Waals surface area contributed by atoms with E-state index < -0.39 is 28.3 Å². The molecule has 0 fully saturated rings. The summed E-state index contributed by atoms with van der Waals surface area (Å²) in [6.45, 7) is 3.69. The Kier molecular flexibility index (Phi) is 9.43. The molecule has 1 aromatic heterocycles. The maximum absolute atomic E-state index is 13.6. The van der Waals surface area contributed by atoms with Gasteiger partial charge in [-0.2, -0.15) is 4.31 Å². The van der Waals surface area contributed by atoms with E-state index in [1.165, 1.54) is 27.8 Å². The van der Waals surface area contributed by atoms with E-state index in [-0.39, 0.29) is 30.3 Å². The largest absolute Gasteiger partial charge is 0.465 e. The molecule has 0 saturated heterocycles. The number of carbonyl (C=O) groups is 1. The molecule has 0 bridgehead atoms. The van der Waals surface area contributed by atoms with Crippen molar-refractivity contribution in [2.45, 2.75) is 37.3 Å². The van der Waals surface area contributed by atoms with Gasteiger partial charge in [0.05, 0.1) is 22.7 Å². The van der Waals surface area contributed by atoms with Gasteiger partial charge in [0.2, 0.25) is 10.0 Å². The Labute approximate surface area is 215 Å². The Morgan fingerprint density at radius 1 is 1.08 bits per heavy atom. The van der Waals surface area contributed by atoms with Gasteiger partial charge < -0.3 is 20.8 Å². The Hall–Kier alpha value is -2.99. The number of hydrogen-bond donors (Lipinski definition) is 4. The Morgan fingerprint density at radius 2 is 1.75 bits per heavy atom. The number of aromatic nitrogens is 1. The summed E-state index contributed by atoms with van der Waals surface area (Å²) in [5.74, 6) is -0.0128. The highest BCUT2D eigenvalue weighted by molar-refractivity contribution is 7.89. The zero-order valence-electron chi connectivity index (χ0n) is 20.5. The second-order valence-electron chi connectivity index (χ2n) is 8.84. The van der Waals surface area contributed by atoms with Crippen molar-refractivity contribution >= 4 is 32.6 Å². The van der Waals surface area contributed by atoms with E-state index in [0.717, 1.165) is 22.0 Å². The minimum Gasteiger partial charge on any atom is -0.465 e. The number of aliphatic hydroxyl groups is 1. The van der Waals surface area contributed by atoms with Crippen LogP contribution in [0.15, 0.2) is 64.9 Å². The number of benzene rings is 2. The quantitative estimate of drug-likeness (QED) is 0.279. The molecule has 36 heavy (non-hydrogen) atoms. The summed E-state index contributed by atoms with van der Waals surface area (Å²) in [4.78, 5) is 15.9. The zero-order chi connectivity index (χ0) is 26.3. The first kappa shape index (κ1) is 27.6. The number of rotatable bonds is 12. The number of carboxylic acid groups (broad SMARTS) is 1. The molecule has 0 aliphatic carbocycles. The first-order valence-corrected chi connectivity index (χ1v) is 13.9. The molecule has 9 nitrogen and oxygen atoms in total. The standard InChI is InChI=1S/C25H32N4O5S2/c1-17(2)14-29(15-23(30)21(28-25(31)32)13-18-7-5-4-6-8-18)36(33,34)20-11-9-19(10-12-20)22-16-35-24(26-3)27-22/h4-12,16-17,21,23,28,30H,13-15H2,1-3H3,(H,26,27)(H,31,32)/t21-,23?/m0/s1. The highest BCUT2D eigenvalue weighted by Crippen LogP contribution is 2.27. The van der Waals surface area contributed by atoms with Crippen LogP contribution < -0.4 is 10.6 Å². The lowest BCUT2D eigenvalue weighted by Gasteiger charge is -2.30. The monoisotopic (exact) mass is 532 g/mol. The number of aliphatic hydroxyl groups excluding tert-OH is 1. The van der Waals surface area contributed by atoms with E-state index in [1.807, 2.05) is 49.6 Å². The molecule has 4 N–H and O–H groups in total. The molecule has 0 saturated carbocycles. The van der Waals surface area contributed by atoms with Gasteiger partial charge in [-0.25, -0.2) is 18.2 Å². The van der Waals surface area contributed by atoms with Gasteiger partial charge in [-0.15, -0.1) is 11.3 Å². The number of sulfonamides is 1. The van der Waals surface area contributed by atoms with Crippen molar-refractivity contribution in [1.29, 1.82) is 0 Å². The van der Waals surface area contributed by atoms with E-state index >= 15 is 0 Å². The van der Waals surface area contributed by atoms with Crippen LogP contribution in [0.4, 0.5) is 9.93 Å². The van der Waals surface area contributed by atoms with Crippen molar-refractivity contribution in [3.63, 3.8) is 0 Å². The molecule has 1 unspecified atom stereocenters. The van der Waals surface area contributed by atoms with Crippen molar-refractivity contribution < 1.29 is 23.4 Å². The first-order chi connectivity index (χ1) is 17.1. The topological polar surface area (TPSA) is 132 Å². The predicted molar refractivity (Wildman–Crippen MR) is 142 cm³/mol. The van der Waals surface area contributed by atoms with Crippen LogP contribution in [0.1, 0.15) is 19.4 Å². The number of hydrogen-bond acceptors (Lipinski definition) is 7. The lowest BCUT2D eigenvalue weighted by molar-refractivity contribution is 0.0980. The Bertz CT molecular complexity index is 1230. The van der Waals surface area contributed by atoms with Crippen LogP contribution in [-0.4, -0.2) is 66.3 Å². The highest BCUT2D eigenvalue weighted by Gasteiger charge is 2.31. The fourth-order valence-corrected chi connectivity index (χ4v) is 6.09. The summed E-state index contributed by atoms with van der Waals surface area (Å²) in [7, 11) is -2.17. The van der Waals surface area contributed by atoms with E-state index in [4.69, 9.17) is 0 Å². The molecular weight excluding hydrogens is 500 g/mol. The number of amides is 1. The molecule has 11 heteroatoms. The molecule has 1 heterocycles. The minimum atomic E-state index is -3.96. The molecule has 0 aliphatic rings.